The quantitative estimate of drug-likeness (QED) is 0.905. The molecule has 1 heterocycles. The molecule has 2 aromatic rings. The molecule has 0 aliphatic rings. The Balaban J connectivity index is 2.19. The van der Waals surface area contributed by atoms with Crippen molar-refractivity contribution in [2.45, 2.75) is 6.92 Å². The number of rotatable bonds is 2. The molecule has 0 saturated heterocycles. The van der Waals surface area contributed by atoms with Crippen LogP contribution in [0.2, 0.25) is 5.02 Å². The van der Waals surface area contributed by atoms with Crippen molar-refractivity contribution < 1.29 is 4.79 Å². The summed E-state index contributed by atoms with van der Waals surface area (Å²) in [6, 6.07) is 8.74. The Kier molecular flexibility index (Phi) is 3.99. The van der Waals surface area contributed by atoms with Gasteiger partial charge >= 0.3 is 0 Å². The highest BCUT2D eigenvalue weighted by atomic mass is 79.9. The molecule has 5 heteroatoms. The molecule has 1 N–H and O–H groups in total. The van der Waals surface area contributed by atoms with Crippen LogP contribution < -0.4 is 5.32 Å². The number of hydrogen-bond donors (Lipinski definition) is 1. The van der Waals surface area contributed by atoms with Crippen LogP contribution in [-0.4, -0.2) is 10.9 Å². The SMILES string of the molecule is Cc1cc(Cl)cc(C(=O)Nc2ccc(Br)cn2)c1. The second kappa shape index (κ2) is 5.50. The first kappa shape index (κ1) is 13.1. The van der Waals surface area contributed by atoms with Crippen molar-refractivity contribution in [3.05, 3.63) is 57.2 Å². The van der Waals surface area contributed by atoms with Crippen molar-refractivity contribution in [1.29, 1.82) is 0 Å². The number of nitrogens with one attached hydrogen (secondary N) is 1. The van der Waals surface area contributed by atoms with Crippen molar-refractivity contribution in [2.24, 2.45) is 0 Å². The molecule has 92 valence electrons. The van der Waals surface area contributed by atoms with E-state index in [0.29, 0.717) is 16.4 Å². The highest BCUT2D eigenvalue weighted by molar-refractivity contribution is 9.10. The predicted molar refractivity (Wildman–Crippen MR) is 76.1 cm³/mol. The van der Waals surface area contributed by atoms with E-state index in [9.17, 15) is 4.79 Å². The first-order valence-electron chi connectivity index (χ1n) is 5.25. The van der Waals surface area contributed by atoms with Gasteiger partial charge in [0.25, 0.3) is 5.91 Å². The first-order valence-corrected chi connectivity index (χ1v) is 6.42. The zero-order valence-corrected chi connectivity index (χ0v) is 11.9. The molecule has 1 aromatic heterocycles. The lowest BCUT2D eigenvalue weighted by atomic mass is 10.1. The molecular formula is C13H10BrClN2O. The number of halogens is 2. The number of nitrogens with zero attached hydrogens (tertiary/aromatic N) is 1. The number of pyridine rings is 1. The van der Waals surface area contributed by atoms with Gasteiger partial charge in [0.15, 0.2) is 0 Å². The fourth-order valence-corrected chi connectivity index (χ4v) is 2.03. The van der Waals surface area contributed by atoms with Crippen molar-refractivity contribution >= 4 is 39.3 Å². The van der Waals surface area contributed by atoms with Crippen LogP contribution >= 0.6 is 27.5 Å². The molecule has 0 spiro atoms. The largest absolute Gasteiger partial charge is 0.307 e. The highest BCUT2D eigenvalue weighted by Crippen LogP contribution is 2.16. The molecule has 1 amide bonds. The van der Waals surface area contributed by atoms with E-state index >= 15 is 0 Å². The van der Waals surface area contributed by atoms with E-state index in [1.165, 1.54) is 0 Å². The molecule has 3 nitrogen and oxygen atoms in total. The van der Waals surface area contributed by atoms with Gasteiger partial charge in [-0.3, -0.25) is 4.79 Å². The van der Waals surface area contributed by atoms with E-state index in [1.807, 2.05) is 13.0 Å². The molecule has 0 fully saturated rings. The molecule has 1 aromatic carbocycles. The van der Waals surface area contributed by atoms with Gasteiger partial charge in [0.1, 0.15) is 5.82 Å². The molecule has 0 unspecified atom stereocenters. The number of aromatic nitrogens is 1. The lowest BCUT2D eigenvalue weighted by Crippen LogP contribution is -2.13. The molecule has 18 heavy (non-hydrogen) atoms. The minimum atomic E-state index is -0.226. The summed E-state index contributed by atoms with van der Waals surface area (Å²) in [5.74, 6) is 0.274. The van der Waals surface area contributed by atoms with Crippen LogP contribution in [0.1, 0.15) is 15.9 Å². The Morgan fingerprint density at radius 3 is 2.72 bits per heavy atom. The number of benzene rings is 1. The van der Waals surface area contributed by atoms with Crippen LogP contribution in [0.5, 0.6) is 0 Å². The van der Waals surface area contributed by atoms with Gasteiger partial charge in [0.05, 0.1) is 0 Å². The van der Waals surface area contributed by atoms with Gasteiger partial charge in [-0.15, -0.1) is 0 Å². The first-order chi connectivity index (χ1) is 8.54. The van der Waals surface area contributed by atoms with Crippen LogP contribution in [0.4, 0.5) is 5.82 Å². The molecular weight excluding hydrogens is 316 g/mol. The van der Waals surface area contributed by atoms with Crippen LogP contribution in [0.3, 0.4) is 0 Å². The highest BCUT2D eigenvalue weighted by Gasteiger charge is 2.08. The monoisotopic (exact) mass is 324 g/mol. The smallest absolute Gasteiger partial charge is 0.256 e. The number of carbonyl (C=O) groups is 1. The molecule has 0 radical (unpaired) electrons. The van der Waals surface area contributed by atoms with E-state index in [2.05, 4.69) is 26.2 Å². The summed E-state index contributed by atoms with van der Waals surface area (Å²) in [6.45, 7) is 1.89. The summed E-state index contributed by atoms with van der Waals surface area (Å²) in [7, 11) is 0. The average Bonchev–Trinajstić information content (AvgIpc) is 2.31. The molecule has 0 aliphatic heterocycles. The minimum absolute atomic E-state index is 0.226. The minimum Gasteiger partial charge on any atom is -0.307 e. The summed E-state index contributed by atoms with van der Waals surface area (Å²) in [5.41, 5.74) is 1.46. The van der Waals surface area contributed by atoms with Crippen LogP contribution in [0.25, 0.3) is 0 Å². The maximum Gasteiger partial charge on any atom is 0.256 e. The number of carbonyl (C=O) groups excluding carboxylic acids is 1. The Labute approximate surface area is 118 Å². The van der Waals surface area contributed by atoms with E-state index in [1.54, 1.807) is 30.5 Å². The van der Waals surface area contributed by atoms with Gasteiger partial charge in [-0.05, 0) is 58.7 Å². The number of aryl methyl sites for hydroxylation is 1. The third kappa shape index (κ3) is 3.31. The van der Waals surface area contributed by atoms with E-state index in [4.69, 9.17) is 11.6 Å². The van der Waals surface area contributed by atoms with E-state index in [0.717, 1.165) is 10.0 Å². The molecule has 0 bridgehead atoms. The average molecular weight is 326 g/mol. The lowest BCUT2D eigenvalue weighted by molar-refractivity contribution is 0.102. The Morgan fingerprint density at radius 1 is 1.33 bits per heavy atom. The topological polar surface area (TPSA) is 42.0 Å². The maximum absolute atomic E-state index is 12.0. The summed E-state index contributed by atoms with van der Waals surface area (Å²) >= 11 is 9.20. The summed E-state index contributed by atoms with van der Waals surface area (Å²) in [6.07, 6.45) is 1.62. The van der Waals surface area contributed by atoms with Crippen LogP contribution in [0, 0.1) is 6.92 Å². The van der Waals surface area contributed by atoms with Crippen molar-refractivity contribution in [3.63, 3.8) is 0 Å². The predicted octanol–water partition coefficient (Wildman–Crippen LogP) is 4.06. The molecule has 0 aliphatic carbocycles. The number of anilines is 1. The zero-order valence-electron chi connectivity index (χ0n) is 9.58. The number of amides is 1. The van der Waals surface area contributed by atoms with Crippen LogP contribution in [-0.2, 0) is 0 Å². The normalized spacial score (nSPS) is 10.2. The van der Waals surface area contributed by atoms with Gasteiger partial charge in [-0.2, -0.15) is 0 Å². The third-order valence-electron chi connectivity index (χ3n) is 2.27. The van der Waals surface area contributed by atoms with Gasteiger partial charge in [0.2, 0.25) is 0 Å². The molecule has 2 rings (SSSR count). The standard InChI is InChI=1S/C13H10BrClN2O/c1-8-4-9(6-11(15)5-8)13(18)17-12-3-2-10(14)7-16-12/h2-7H,1H3,(H,16,17,18). The van der Waals surface area contributed by atoms with Gasteiger partial charge in [0, 0.05) is 21.3 Å². The van der Waals surface area contributed by atoms with Crippen molar-refractivity contribution in [3.8, 4) is 0 Å². The van der Waals surface area contributed by atoms with Gasteiger partial charge in [-0.25, -0.2) is 4.98 Å². The fraction of sp³-hybridized carbons (Fsp3) is 0.0769. The second-order valence-corrected chi connectivity index (χ2v) is 5.19. The lowest BCUT2D eigenvalue weighted by Gasteiger charge is -2.05. The Morgan fingerprint density at radius 2 is 2.11 bits per heavy atom. The second-order valence-electron chi connectivity index (χ2n) is 3.83. The molecule has 0 saturated carbocycles. The summed E-state index contributed by atoms with van der Waals surface area (Å²) in [4.78, 5) is 16.1. The fourth-order valence-electron chi connectivity index (χ4n) is 1.51. The Hall–Kier alpha value is -1.39. The summed E-state index contributed by atoms with van der Waals surface area (Å²) in [5, 5.41) is 3.26. The Bertz CT molecular complexity index is 564. The van der Waals surface area contributed by atoms with Crippen molar-refractivity contribution in [1.82, 2.24) is 4.98 Å². The van der Waals surface area contributed by atoms with Crippen molar-refractivity contribution in [2.75, 3.05) is 5.32 Å². The van der Waals surface area contributed by atoms with Crippen LogP contribution in [0.15, 0.2) is 41.0 Å². The van der Waals surface area contributed by atoms with Gasteiger partial charge < -0.3 is 5.32 Å². The molecule has 0 atom stereocenters. The maximum atomic E-state index is 12.0. The van der Waals surface area contributed by atoms with E-state index in [-0.39, 0.29) is 5.91 Å². The third-order valence-corrected chi connectivity index (χ3v) is 2.96. The zero-order chi connectivity index (χ0) is 13.1. The van der Waals surface area contributed by atoms with Gasteiger partial charge in [-0.1, -0.05) is 11.6 Å². The van der Waals surface area contributed by atoms with E-state index < -0.39 is 0 Å². The summed E-state index contributed by atoms with van der Waals surface area (Å²) < 4.78 is 0.860. The number of hydrogen-bond acceptors (Lipinski definition) is 2.